The molecular weight excluding hydrogens is 368 g/mol. The highest BCUT2D eigenvalue weighted by atomic mass is 16.3. The summed E-state index contributed by atoms with van der Waals surface area (Å²) in [5, 5.41) is 5.69. The van der Waals surface area contributed by atoms with Gasteiger partial charge in [0.15, 0.2) is 0 Å². The highest BCUT2D eigenvalue weighted by molar-refractivity contribution is 5.94. The van der Waals surface area contributed by atoms with Gasteiger partial charge < -0.3 is 20.0 Å². The summed E-state index contributed by atoms with van der Waals surface area (Å²) >= 11 is 0. The van der Waals surface area contributed by atoms with E-state index in [0.717, 1.165) is 11.3 Å². The predicted molar refractivity (Wildman–Crippen MR) is 109 cm³/mol. The highest BCUT2D eigenvalue weighted by Gasteiger charge is 2.18. The van der Waals surface area contributed by atoms with Crippen LogP contribution in [0.25, 0.3) is 0 Å². The molecule has 0 spiro atoms. The Kier molecular flexibility index (Phi) is 6.63. The number of aromatic nitrogens is 1. The van der Waals surface area contributed by atoms with Crippen LogP contribution in [0.4, 0.5) is 4.79 Å². The molecule has 0 aliphatic rings. The third-order valence-electron chi connectivity index (χ3n) is 4.65. The molecule has 0 aliphatic heterocycles. The molecular formula is C22H24N4O3. The zero-order chi connectivity index (χ0) is 20.6. The first-order valence-electron chi connectivity index (χ1n) is 9.35. The maximum Gasteiger partial charge on any atom is 0.317 e. The van der Waals surface area contributed by atoms with Crippen LogP contribution in [0, 0.1) is 0 Å². The van der Waals surface area contributed by atoms with Gasteiger partial charge in [-0.2, -0.15) is 0 Å². The van der Waals surface area contributed by atoms with Crippen molar-refractivity contribution >= 4 is 11.9 Å². The minimum Gasteiger partial charge on any atom is -0.467 e. The largest absolute Gasteiger partial charge is 0.467 e. The Hall–Kier alpha value is -3.61. The Morgan fingerprint density at radius 2 is 1.93 bits per heavy atom. The molecule has 0 saturated heterocycles. The Labute approximate surface area is 169 Å². The van der Waals surface area contributed by atoms with Crippen molar-refractivity contribution in [2.75, 3.05) is 7.05 Å². The number of nitrogens with zero attached hydrogens (tertiary/aromatic N) is 2. The smallest absolute Gasteiger partial charge is 0.317 e. The third kappa shape index (κ3) is 5.44. The van der Waals surface area contributed by atoms with Crippen LogP contribution in [0.2, 0.25) is 0 Å². The second kappa shape index (κ2) is 9.54. The summed E-state index contributed by atoms with van der Waals surface area (Å²) in [6, 6.07) is 16.0. The lowest BCUT2D eigenvalue weighted by Crippen LogP contribution is -2.38. The normalized spacial score (nSPS) is 11.5. The molecule has 2 aromatic heterocycles. The van der Waals surface area contributed by atoms with Crippen molar-refractivity contribution in [3.63, 3.8) is 0 Å². The van der Waals surface area contributed by atoms with Crippen LogP contribution in [0.3, 0.4) is 0 Å². The fourth-order valence-electron chi connectivity index (χ4n) is 2.80. The maximum atomic E-state index is 12.5. The van der Waals surface area contributed by atoms with Crippen molar-refractivity contribution < 1.29 is 14.0 Å². The molecule has 0 fully saturated rings. The van der Waals surface area contributed by atoms with Crippen molar-refractivity contribution in [1.29, 1.82) is 0 Å². The van der Waals surface area contributed by atoms with E-state index in [9.17, 15) is 9.59 Å². The summed E-state index contributed by atoms with van der Waals surface area (Å²) in [7, 11) is 1.73. The summed E-state index contributed by atoms with van der Waals surface area (Å²) < 4.78 is 5.21. The van der Waals surface area contributed by atoms with Gasteiger partial charge in [0.1, 0.15) is 5.76 Å². The number of amides is 3. The minimum atomic E-state index is -0.212. The number of carbonyl (C=O) groups excluding carboxylic acids is 2. The zero-order valence-electron chi connectivity index (χ0n) is 16.5. The van der Waals surface area contributed by atoms with E-state index in [2.05, 4.69) is 15.6 Å². The second-order valence-corrected chi connectivity index (χ2v) is 6.66. The van der Waals surface area contributed by atoms with Crippen LogP contribution < -0.4 is 10.6 Å². The van der Waals surface area contributed by atoms with E-state index in [0.29, 0.717) is 24.4 Å². The Morgan fingerprint density at radius 3 is 2.66 bits per heavy atom. The van der Waals surface area contributed by atoms with Gasteiger partial charge in [-0.1, -0.05) is 18.2 Å². The molecule has 3 amide bonds. The Bertz CT molecular complexity index is 942. The number of hydrogen-bond donors (Lipinski definition) is 2. The molecule has 1 atom stereocenters. The Morgan fingerprint density at radius 1 is 1.07 bits per heavy atom. The number of hydrogen-bond acceptors (Lipinski definition) is 4. The molecule has 0 saturated carbocycles. The lowest BCUT2D eigenvalue weighted by Gasteiger charge is -2.24. The van der Waals surface area contributed by atoms with Gasteiger partial charge in [0, 0.05) is 25.4 Å². The quantitative estimate of drug-likeness (QED) is 0.644. The summed E-state index contributed by atoms with van der Waals surface area (Å²) in [4.78, 5) is 30.7. The van der Waals surface area contributed by atoms with E-state index in [-0.39, 0.29) is 18.0 Å². The first-order chi connectivity index (χ1) is 14.0. The van der Waals surface area contributed by atoms with E-state index in [1.807, 2.05) is 31.2 Å². The monoisotopic (exact) mass is 392 g/mol. The van der Waals surface area contributed by atoms with Crippen LogP contribution in [-0.4, -0.2) is 28.9 Å². The van der Waals surface area contributed by atoms with Gasteiger partial charge in [-0.15, -0.1) is 0 Å². The molecule has 7 heteroatoms. The van der Waals surface area contributed by atoms with Crippen LogP contribution in [0.5, 0.6) is 0 Å². The standard InChI is InChI=1S/C22H24N4O3/c1-16(20-10-3-4-11-23-20)26(2)22(28)25-14-17-7-5-8-18(13-17)21(27)24-15-19-9-6-12-29-19/h3-13,16H,14-15H2,1-2H3,(H,24,27)(H,25,28). The highest BCUT2D eigenvalue weighted by Crippen LogP contribution is 2.16. The fourth-order valence-corrected chi connectivity index (χ4v) is 2.80. The second-order valence-electron chi connectivity index (χ2n) is 6.66. The van der Waals surface area contributed by atoms with Crippen molar-refractivity contribution in [3.8, 4) is 0 Å². The Balaban J connectivity index is 1.54. The maximum absolute atomic E-state index is 12.5. The molecule has 1 aromatic carbocycles. The number of carbonyl (C=O) groups is 2. The fraction of sp³-hybridized carbons (Fsp3) is 0.227. The van der Waals surface area contributed by atoms with Crippen molar-refractivity contribution in [3.05, 3.63) is 89.6 Å². The topological polar surface area (TPSA) is 87.5 Å². The van der Waals surface area contributed by atoms with Crippen LogP contribution in [0.1, 0.15) is 40.3 Å². The van der Waals surface area contributed by atoms with Gasteiger partial charge in [-0.25, -0.2) is 4.79 Å². The van der Waals surface area contributed by atoms with E-state index in [1.165, 1.54) is 0 Å². The van der Waals surface area contributed by atoms with Gasteiger partial charge in [0.25, 0.3) is 5.91 Å². The van der Waals surface area contributed by atoms with Crippen LogP contribution in [-0.2, 0) is 13.1 Å². The third-order valence-corrected chi connectivity index (χ3v) is 4.65. The summed E-state index contributed by atoms with van der Waals surface area (Å²) in [6.45, 7) is 2.56. The number of rotatable bonds is 7. The molecule has 1 unspecified atom stereocenters. The predicted octanol–water partition coefficient (Wildman–Crippen LogP) is 3.51. The van der Waals surface area contributed by atoms with E-state index >= 15 is 0 Å². The summed E-state index contributed by atoms with van der Waals surface area (Å²) in [5.41, 5.74) is 2.18. The molecule has 2 N–H and O–H groups in total. The van der Waals surface area contributed by atoms with Crippen molar-refractivity contribution in [2.45, 2.75) is 26.1 Å². The van der Waals surface area contributed by atoms with Gasteiger partial charge in [-0.05, 0) is 48.9 Å². The minimum absolute atomic E-state index is 0.157. The lowest BCUT2D eigenvalue weighted by molar-refractivity contribution is 0.0948. The van der Waals surface area contributed by atoms with E-state index in [4.69, 9.17) is 4.42 Å². The SMILES string of the molecule is CC(c1ccccn1)N(C)C(=O)NCc1cccc(C(=O)NCc2ccco2)c1. The van der Waals surface area contributed by atoms with Gasteiger partial charge in [-0.3, -0.25) is 9.78 Å². The molecule has 29 heavy (non-hydrogen) atoms. The van der Waals surface area contributed by atoms with Gasteiger partial charge in [0.05, 0.1) is 24.5 Å². The molecule has 2 heterocycles. The molecule has 0 radical (unpaired) electrons. The van der Waals surface area contributed by atoms with Gasteiger partial charge >= 0.3 is 6.03 Å². The summed E-state index contributed by atoms with van der Waals surface area (Å²) in [5.74, 6) is 0.488. The van der Waals surface area contributed by atoms with Crippen LogP contribution in [0.15, 0.2) is 71.5 Å². The van der Waals surface area contributed by atoms with E-state index in [1.54, 1.807) is 54.7 Å². The number of furan rings is 1. The number of urea groups is 1. The molecule has 3 rings (SSSR count). The van der Waals surface area contributed by atoms with Crippen molar-refractivity contribution in [2.24, 2.45) is 0 Å². The number of pyridine rings is 1. The molecule has 0 bridgehead atoms. The number of benzene rings is 1. The first-order valence-corrected chi connectivity index (χ1v) is 9.35. The molecule has 150 valence electrons. The average molecular weight is 392 g/mol. The first kappa shape index (κ1) is 20.1. The van der Waals surface area contributed by atoms with Crippen LogP contribution >= 0.6 is 0 Å². The number of nitrogens with one attached hydrogen (secondary N) is 2. The van der Waals surface area contributed by atoms with Crippen molar-refractivity contribution in [1.82, 2.24) is 20.5 Å². The molecule has 0 aliphatic carbocycles. The zero-order valence-corrected chi connectivity index (χ0v) is 16.5. The average Bonchev–Trinajstić information content (AvgIpc) is 3.29. The van der Waals surface area contributed by atoms with E-state index < -0.39 is 0 Å². The lowest BCUT2D eigenvalue weighted by atomic mass is 10.1. The molecule has 3 aromatic rings. The summed E-state index contributed by atoms with van der Waals surface area (Å²) in [6.07, 6.45) is 3.27. The molecule has 7 nitrogen and oxygen atoms in total. The van der Waals surface area contributed by atoms with Gasteiger partial charge in [0.2, 0.25) is 0 Å².